The number of aryl methyl sites for hydroxylation is 1. The third-order valence-electron chi connectivity index (χ3n) is 4.38. The Morgan fingerprint density at radius 2 is 1.71 bits per heavy atom. The first kappa shape index (κ1) is 14.4. The van der Waals surface area contributed by atoms with Gasteiger partial charge < -0.3 is 9.31 Å². The Bertz CT molecular complexity index is 634. The predicted molar refractivity (Wildman–Crippen MR) is 84.0 cm³/mol. The van der Waals surface area contributed by atoms with Crippen LogP contribution in [0, 0.1) is 6.92 Å². The van der Waals surface area contributed by atoms with Crippen molar-refractivity contribution in [2.24, 2.45) is 0 Å². The second-order valence-corrected chi connectivity index (χ2v) is 6.64. The first-order chi connectivity index (χ1) is 9.78. The van der Waals surface area contributed by atoms with Crippen LogP contribution in [0.3, 0.4) is 0 Å². The molecule has 1 aromatic carbocycles. The lowest BCUT2D eigenvalue weighted by Gasteiger charge is -2.32. The molecule has 1 aliphatic rings. The molecular formula is C16H21BN2O2. The number of nitrogens with zero attached hydrogens (tertiary/aromatic N) is 2. The maximum Gasteiger partial charge on any atom is 0.494 e. The minimum Gasteiger partial charge on any atom is -0.399 e. The molecule has 1 fully saturated rings. The van der Waals surface area contributed by atoms with Crippen molar-refractivity contribution in [1.29, 1.82) is 0 Å². The van der Waals surface area contributed by atoms with Crippen LogP contribution in [0.4, 0.5) is 0 Å². The zero-order valence-corrected chi connectivity index (χ0v) is 13.3. The van der Waals surface area contributed by atoms with E-state index in [1.807, 2.05) is 16.9 Å². The fourth-order valence-corrected chi connectivity index (χ4v) is 2.46. The maximum atomic E-state index is 6.13. The summed E-state index contributed by atoms with van der Waals surface area (Å²) in [4.78, 5) is 0. The third-order valence-corrected chi connectivity index (χ3v) is 4.38. The highest BCUT2D eigenvalue weighted by molar-refractivity contribution is 6.62. The fourth-order valence-electron chi connectivity index (χ4n) is 2.46. The number of hydrogen-bond donors (Lipinski definition) is 0. The molecule has 0 unspecified atom stereocenters. The van der Waals surface area contributed by atoms with Gasteiger partial charge in [-0.25, -0.2) is 4.68 Å². The summed E-state index contributed by atoms with van der Waals surface area (Å²) in [6.07, 6.45) is 3.71. The Balaban J connectivity index is 1.97. The second-order valence-electron chi connectivity index (χ2n) is 6.64. The average Bonchev–Trinajstić information content (AvgIpc) is 2.96. The quantitative estimate of drug-likeness (QED) is 0.795. The van der Waals surface area contributed by atoms with Gasteiger partial charge in [-0.15, -0.1) is 0 Å². The molecule has 1 aliphatic heterocycles. The fraction of sp³-hybridized carbons (Fsp3) is 0.438. The highest BCUT2D eigenvalue weighted by Gasteiger charge is 2.51. The zero-order valence-electron chi connectivity index (χ0n) is 13.3. The van der Waals surface area contributed by atoms with E-state index in [-0.39, 0.29) is 18.3 Å². The summed E-state index contributed by atoms with van der Waals surface area (Å²) in [5.74, 6) is 0. The molecule has 5 heteroatoms. The van der Waals surface area contributed by atoms with E-state index < -0.39 is 0 Å². The van der Waals surface area contributed by atoms with Crippen LogP contribution in [-0.4, -0.2) is 28.1 Å². The Labute approximate surface area is 126 Å². The standard InChI is InChI=1S/C16H21BN2O2/c1-12-9-13(11-14(10-12)19-8-6-7-18-19)17-20-15(2,3)16(4,5)21-17/h6-11H,1-5H3. The Morgan fingerprint density at radius 3 is 2.29 bits per heavy atom. The summed E-state index contributed by atoms with van der Waals surface area (Å²) in [7, 11) is -0.343. The summed E-state index contributed by atoms with van der Waals surface area (Å²) in [6, 6.07) is 8.19. The molecule has 110 valence electrons. The molecule has 2 heterocycles. The van der Waals surface area contributed by atoms with Crippen LogP contribution in [0.5, 0.6) is 0 Å². The Kier molecular flexibility index (Phi) is 3.22. The van der Waals surface area contributed by atoms with Crippen LogP contribution in [0.1, 0.15) is 33.3 Å². The van der Waals surface area contributed by atoms with E-state index in [1.54, 1.807) is 6.20 Å². The number of rotatable bonds is 2. The lowest BCUT2D eigenvalue weighted by molar-refractivity contribution is 0.00578. The minimum atomic E-state index is -0.343. The van der Waals surface area contributed by atoms with Crippen LogP contribution in [0.25, 0.3) is 5.69 Å². The first-order valence-electron chi connectivity index (χ1n) is 7.26. The van der Waals surface area contributed by atoms with Gasteiger partial charge in [-0.1, -0.05) is 6.07 Å². The van der Waals surface area contributed by atoms with Gasteiger partial charge >= 0.3 is 7.12 Å². The topological polar surface area (TPSA) is 36.3 Å². The van der Waals surface area contributed by atoms with E-state index >= 15 is 0 Å². The minimum absolute atomic E-state index is 0.326. The van der Waals surface area contributed by atoms with E-state index in [0.29, 0.717) is 0 Å². The van der Waals surface area contributed by atoms with Gasteiger partial charge in [0.1, 0.15) is 0 Å². The Hall–Kier alpha value is -1.59. The van der Waals surface area contributed by atoms with E-state index in [0.717, 1.165) is 16.7 Å². The predicted octanol–water partition coefficient (Wildman–Crippen LogP) is 2.48. The van der Waals surface area contributed by atoms with E-state index in [2.05, 4.69) is 57.9 Å². The highest BCUT2D eigenvalue weighted by Crippen LogP contribution is 2.36. The maximum absolute atomic E-state index is 6.13. The summed E-state index contributed by atoms with van der Waals surface area (Å²) in [5.41, 5.74) is 2.55. The zero-order chi connectivity index (χ0) is 15.3. The molecule has 0 amide bonds. The van der Waals surface area contributed by atoms with Crippen LogP contribution >= 0.6 is 0 Å². The third kappa shape index (κ3) is 2.52. The molecule has 2 aromatic rings. The number of hydrogen-bond acceptors (Lipinski definition) is 3. The lowest BCUT2D eigenvalue weighted by atomic mass is 9.78. The smallest absolute Gasteiger partial charge is 0.399 e. The van der Waals surface area contributed by atoms with Crippen molar-refractivity contribution in [3.8, 4) is 5.69 Å². The van der Waals surface area contributed by atoms with E-state index in [4.69, 9.17) is 9.31 Å². The van der Waals surface area contributed by atoms with Gasteiger partial charge in [0.25, 0.3) is 0 Å². The molecule has 4 nitrogen and oxygen atoms in total. The van der Waals surface area contributed by atoms with Gasteiger partial charge in [0, 0.05) is 12.4 Å². The van der Waals surface area contributed by atoms with Crippen LogP contribution < -0.4 is 5.46 Å². The van der Waals surface area contributed by atoms with Crippen molar-refractivity contribution >= 4 is 12.6 Å². The van der Waals surface area contributed by atoms with Gasteiger partial charge in [-0.2, -0.15) is 5.10 Å². The van der Waals surface area contributed by atoms with Gasteiger partial charge in [-0.3, -0.25) is 0 Å². The summed E-state index contributed by atoms with van der Waals surface area (Å²) >= 11 is 0. The molecular weight excluding hydrogens is 263 g/mol. The molecule has 0 aliphatic carbocycles. The molecule has 0 atom stereocenters. The lowest BCUT2D eigenvalue weighted by Crippen LogP contribution is -2.41. The van der Waals surface area contributed by atoms with Gasteiger partial charge in [-0.05, 0) is 63.8 Å². The van der Waals surface area contributed by atoms with Crippen molar-refractivity contribution in [2.45, 2.75) is 45.8 Å². The molecule has 0 saturated carbocycles. The van der Waals surface area contributed by atoms with Crippen LogP contribution in [-0.2, 0) is 9.31 Å². The normalized spacial score (nSPS) is 20.0. The first-order valence-corrected chi connectivity index (χ1v) is 7.26. The average molecular weight is 284 g/mol. The van der Waals surface area contributed by atoms with Crippen molar-refractivity contribution < 1.29 is 9.31 Å². The largest absolute Gasteiger partial charge is 0.494 e. The van der Waals surface area contributed by atoms with Crippen molar-refractivity contribution in [1.82, 2.24) is 9.78 Å². The molecule has 0 bridgehead atoms. The SMILES string of the molecule is Cc1cc(B2OC(C)(C)C(C)(C)O2)cc(-n2cccn2)c1. The summed E-state index contributed by atoms with van der Waals surface area (Å²) in [5, 5.41) is 4.29. The van der Waals surface area contributed by atoms with Crippen LogP contribution in [0.2, 0.25) is 0 Å². The van der Waals surface area contributed by atoms with Gasteiger partial charge in [0.05, 0.1) is 16.9 Å². The highest BCUT2D eigenvalue weighted by atomic mass is 16.7. The summed E-state index contributed by atoms with van der Waals surface area (Å²) < 4.78 is 14.1. The van der Waals surface area contributed by atoms with Gasteiger partial charge in [0.15, 0.2) is 0 Å². The van der Waals surface area contributed by atoms with Crippen LogP contribution in [0.15, 0.2) is 36.7 Å². The molecule has 0 spiro atoms. The van der Waals surface area contributed by atoms with Crippen molar-refractivity contribution in [3.05, 3.63) is 42.2 Å². The molecule has 21 heavy (non-hydrogen) atoms. The molecule has 1 aromatic heterocycles. The number of benzene rings is 1. The molecule has 0 radical (unpaired) electrons. The summed E-state index contributed by atoms with van der Waals surface area (Å²) in [6.45, 7) is 10.3. The number of aromatic nitrogens is 2. The molecule has 0 N–H and O–H groups in total. The molecule has 3 rings (SSSR count). The van der Waals surface area contributed by atoms with E-state index in [9.17, 15) is 0 Å². The molecule has 1 saturated heterocycles. The monoisotopic (exact) mass is 284 g/mol. The van der Waals surface area contributed by atoms with Crippen molar-refractivity contribution in [3.63, 3.8) is 0 Å². The second kappa shape index (κ2) is 4.72. The Morgan fingerprint density at radius 1 is 1.05 bits per heavy atom. The van der Waals surface area contributed by atoms with E-state index in [1.165, 1.54) is 0 Å². The van der Waals surface area contributed by atoms with Crippen molar-refractivity contribution in [2.75, 3.05) is 0 Å². The van der Waals surface area contributed by atoms with Gasteiger partial charge in [0.2, 0.25) is 0 Å².